The van der Waals surface area contributed by atoms with Gasteiger partial charge in [0.1, 0.15) is 16.7 Å². The second-order valence-electron chi connectivity index (χ2n) is 7.16. The quantitative estimate of drug-likeness (QED) is 0.341. The Bertz CT molecular complexity index is 1420. The number of nitrogens with zero attached hydrogens (tertiary/aromatic N) is 2. The minimum atomic E-state index is -1.51. The third-order valence-corrected chi connectivity index (χ3v) is 6.35. The Morgan fingerprint density at radius 2 is 1.50 bits per heavy atom. The number of anilines is 2. The summed E-state index contributed by atoms with van der Waals surface area (Å²) in [4.78, 5) is 39.1. The molecule has 1 aliphatic heterocycles. The van der Waals surface area contributed by atoms with Gasteiger partial charge in [0.05, 0.1) is 16.1 Å². The molecular formula is C24H15N3O4S. The minimum absolute atomic E-state index is 0.116. The molecule has 2 amide bonds. The number of amides is 2. The monoisotopic (exact) mass is 441 g/mol. The minimum Gasteiger partial charge on any atom is -0.301 e. The molecule has 0 saturated carbocycles. The van der Waals surface area contributed by atoms with Crippen molar-refractivity contribution in [2.45, 2.75) is 4.90 Å². The summed E-state index contributed by atoms with van der Waals surface area (Å²) < 4.78 is 15.5. The lowest BCUT2D eigenvalue weighted by molar-refractivity contribution is 0.0893. The van der Waals surface area contributed by atoms with Crippen LogP contribution in [0.25, 0.3) is 10.8 Å². The van der Waals surface area contributed by atoms with Crippen molar-refractivity contribution in [3.63, 3.8) is 0 Å². The topological polar surface area (TPSA) is 95.9 Å². The molecule has 0 radical (unpaired) electrons. The van der Waals surface area contributed by atoms with E-state index in [0.29, 0.717) is 32.6 Å². The molecule has 0 saturated heterocycles. The average molecular weight is 441 g/mol. The first kappa shape index (κ1) is 19.8. The molecule has 0 bridgehead atoms. The lowest BCUT2D eigenvalue weighted by atomic mass is 9.93. The van der Waals surface area contributed by atoms with Gasteiger partial charge in [-0.05, 0) is 65.2 Å². The normalized spacial score (nSPS) is 13.8. The zero-order chi connectivity index (χ0) is 22.2. The van der Waals surface area contributed by atoms with Crippen LogP contribution in [0.1, 0.15) is 20.7 Å². The number of nitrogens with one attached hydrogen (secondary N) is 1. The molecule has 0 aromatic heterocycles. The van der Waals surface area contributed by atoms with Gasteiger partial charge >= 0.3 is 0 Å². The number of nitroso groups, excluding NO2 is 1. The summed E-state index contributed by atoms with van der Waals surface area (Å²) in [7, 11) is -1.51. The van der Waals surface area contributed by atoms with Gasteiger partial charge in [-0.25, -0.2) is 9.11 Å². The molecule has 0 spiro atoms. The molecule has 32 heavy (non-hydrogen) atoms. The molecule has 1 N–H and O–H groups in total. The second kappa shape index (κ2) is 7.82. The van der Waals surface area contributed by atoms with Gasteiger partial charge in [0, 0.05) is 16.6 Å². The number of imide groups is 1. The van der Waals surface area contributed by atoms with E-state index in [4.69, 9.17) is 0 Å². The van der Waals surface area contributed by atoms with Crippen molar-refractivity contribution in [3.05, 3.63) is 101 Å². The van der Waals surface area contributed by atoms with E-state index >= 15 is 0 Å². The molecular weight excluding hydrogens is 426 g/mol. The van der Waals surface area contributed by atoms with Crippen LogP contribution in [0.15, 0.2) is 95.0 Å². The van der Waals surface area contributed by atoms with Gasteiger partial charge in [-0.15, -0.1) is 4.91 Å². The number of para-hydroxylation sites is 1. The van der Waals surface area contributed by atoms with Gasteiger partial charge in [0.15, 0.2) is 0 Å². The Morgan fingerprint density at radius 3 is 2.22 bits per heavy atom. The number of benzene rings is 4. The average Bonchev–Trinajstić information content (AvgIpc) is 2.83. The Labute approximate surface area is 185 Å². The van der Waals surface area contributed by atoms with Crippen molar-refractivity contribution in [3.8, 4) is 0 Å². The number of carbonyl (C=O) groups excluding carboxylic acids is 2. The van der Waals surface area contributed by atoms with Crippen molar-refractivity contribution in [2.24, 2.45) is 5.18 Å². The highest BCUT2D eigenvalue weighted by atomic mass is 32.2. The van der Waals surface area contributed by atoms with Crippen LogP contribution in [0.4, 0.5) is 17.1 Å². The van der Waals surface area contributed by atoms with Crippen molar-refractivity contribution in [2.75, 3.05) is 9.62 Å². The van der Waals surface area contributed by atoms with Gasteiger partial charge in [-0.2, -0.15) is 0 Å². The van der Waals surface area contributed by atoms with E-state index in [0.717, 1.165) is 4.90 Å². The molecule has 8 heteroatoms. The molecule has 5 rings (SSSR count). The lowest BCUT2D eigenvalue weighted by Gasteiger charge is -2.27. The highest BCUT2D eigenvalue weighted by molar-refractivity contribution is 7.86. The van der Waals surface area contributed by atoms with Crippen molar-refractivity contribution in [1.82, 2.24) is 0 Å². The summed E-state index contributed by atoms with van der Waals surface area (Å²) in [5, 5.41) is 4.07. The van der Waals surface area contributed by atoms with Crippen molar-refractivity contribution >= 4 is 50.6 Å². The molecule has 4 aromatic carbocycles. The van der Waals surface area contributed by atoms with Crippen molar-refractivity contribution < 1.29 is 13.8 Å². The predicted molar refractivity (Wildman–Crippen MR) is 123 cm³/mol. The van der Waals surface area contributed by atoms with Gasteiger partial charge in [0.2, 0.25) is 0 Å². The Morgan fingerprint density at radius 1 is 0.781 bits per heavy atom. The van der Waals surface area contributed by atoms with Crippen molar-refractivity contribution in [1.29, 1.82) is 0 Å². The zero-order valence-corrected chi connectivity index (χ0v) is 17.3. The van der Waals surface area contributed by atoms with Gasteiger partial charge in [-0.1, -0.05) is 30.3 Å². The van der Waals surface area contributed by atoms with E-state index in [1.807, 2.05) is 18.2 Å². The maximum Gasteiger partial charge on any atom is 0.266 e. The van der Waals surface area contributed by atoms with Crippen LogP contribution >= 0.6 is 0 Å². The summed E-state index contributed by atoms with van der Waals surface area (Å²) in [6.45, 7) is 0. The number of rotatable bonds is 5. The largest absolute Gasteiger partial charge is 0.301 e. The Kier molecular flexibility index (Phi) is 4.84. The van der Waals surface area contributed by atoms with Crippen LogP contribution in [-0.2, 0) is 11.0 Å². The van der Waals surface area contributed by atoms with E-state index in [1.54, 1.807) is 60.7 Å². The smallest absolute Gasteiger partial charge is 0.266 e. The fourth-order valence-electron chi connectivity index (χ4n) is 3.77. The SMILES string of the molecule is O=Nc1cc2c3c(cccc3c1)C(=O)N(c1ccc(S(=O)Nc3ccccc3)cc1)C2=O. The molecule has 1 heterocycles. The maximum atomic E-state index is 13.2. The van der Waals surface area contributed by atoms with Crippen LogP contribution in [0.2, 0.25) is 0 Å². The van der Waals surface area contributed by atoms with Gasteiger partial charge in [-0.3, -0.25) is 9.59 Å². The molecule has 7 nitrogen and oxygen atoms in total. The highest BCUT2D eigenvalue weighted by Crippen LogP contribution is 2.35. The Hall–Kier alpha value is -4.17. The second-order valence-corrected chi connectivity index (χ2v) is 8.38. The summed E-state index contributed by atoms with van der Waals surface area (Å²) in [6, 6.07) is 23.5. The third-order valence-electron chi connectivity index (χ3n) is 5.23. The van der Waals surface area contributed by atoms with Crippen LogP contribution in [0.5, 0.6) is 0 Å². The van der Waals surface area contributed by atoms with E-state index < -0.39 is 22.8 Å². The molecule has 1 aliphatic rings. The van der Waals surface area contributed by atoms with E-state index in [9.17, 15) is 18.7 Å². The van der Waals surface area contributed by atoms with E-state index in [2.05, 4.69) is 9.90 Å². The van der Waals surface area contributed by atoms with Crippen LogP contribution < -0.4 is 9.62 Å². The van der Waals surface area contributed by atoms with Crippen LogP contribution in [-0.4, -0.2) is 16.0 Å². The summed E-state index contributed by atoms with van der Waals surface area (Å²) in [6.07, 6.45) is 0. The Balaban J connectivity index is 1.50. The molecule has 1 atom stereocenters. The molecule has 4 aromatic rings. The third kappa shape index (κ3) is 3.27. The summed E-state index contributed by atoms with van der Waals surface area (Å²) in [5.41, 5.74) is 1.77. The summed E-state index contributed by atoms with van der Waals surface area (Å²) >= 11 is 0. The lowest BCUT2D eigenvalue weighted by Crippen LogP contribution is -2.40. The van der Waals surface area contributed by atoms with Gasteiger partial charge < -0.3 is 4.72 Å². The van der Waals surface area contributed by atoms with E-state index in [1.165, 1.54) is 6.07 Å². The molecule has 1 unspecified atom stereocenters. The standard InChI is InChI=1S/C24H15N3O4S/c28-23-20-8-4-5-15-13-17(25-30)14-21(22(15)20)24(29)27(23)18-9-11-19(12-10-18)32(31)26-16-6-2-1-3-7-16/h1-14,26H. The highest BCUT2D eigenvalue weighted by Gasteiger charge is 2.34. The maximum absolute atomic E-state index is 13.2. The fourth-order valence-corrected chi connectivity index (χ4v) is 4.62. The predicted octanol–water partition coefficient (Wildman–Crippen LogP) is 5.17. The number of hydrogen-bond donors (Lipinski definition) is 1. The number of carbonyl (C=O) groups is 2. The summed E-state index contributed by atoms with van der Waals surface area (Å²) in [5.74, 6) is -1.00. The van der Waals surface area contributed by atoms with E-state index in [-0.39, 0.29) is 11.3 Å². The molecule has 0 aliphatic carbocycles. The fraction of sp³-hybridized carbons (Fsp3) is 0. The first-order chi connectivity index (χ1) is 15.6. The first-order valence-corrected chi connectivity index (χ1v) is 10.8. The van der Waals surface area contributed by atoms with Crippen LogP contribution in [0, 0.1) is 4.91 Å². The zero-order valence-electron chi connectivity index (χ0n) is 16.5. The van der Waals surface area contributed by atoms with Gasteiger partial charge in [0.25, 0.3) is 11.8 Å². The van der Waals surface area contributed by atoms with Crippen LogP contribution in [0.3, 0.4) is 0 Å². The molecule has 0 fully saturated rings. The first-order valence-electron chi connectivity index (χ1n) is 9.69. The number of hydrogen-bond acceptors (Lipinski definition) is 5. The molecule has 156 valence electrons.